The Labute approximate surface area is 61.5 Å². The summed E-state index contributed by atoms with van der Waals surface area (Å²) in [5, 5.41) is 0. The molecule has 0 amide bonds. The predicted octanol–water partition coefficient (Wildman–Crippen LogP) is 0.943. The number of pyridine rings is 1. The molecular formula is C8H11N2. The molecule has 0 aromatic carbocycles. The van der Waals surface area contributed by atoms with Gasteiger partial charge in [-0.2, -0.15) is 0 Å². The van der Waals surface area contributed by atoms with Crippen LogP contribution in [0.4, 0.5) is 0 Å². The van der Waals surface area contributed by atoms with Crippen LogP contribution in [0, 0.1) is 6.20 Å². The first-order valence-corrected chi connectivity index (χ1v) is 3.25. The van der Waals surface area contributed by atoms with Gasteiger partial charge in [0.25, 0.3) is 0 Å². The zero-order chi connectivity index (χ0) is 7.40. The molecule has 2 nitrogen and oxygen atoms in total. The molecule has 1 aromatic rings. The molecule has 1 heterocycles. The summed E-state index contributed by atoms with van der Waals surface area (Å²) in [7, 11) is 4.06. The van der Waals surface area contributed by atoms with E-state index >= 15 is 0 Å². The third kappa shape index (κ3) is 2.15. The van der Waals surface area contributed by atoms with Gasteiger partial charge in [0.2, 0.25) is 0 Å². The van der Waals surface area contributed by atoms with E-state index in [2.05, 4.69) is 16.1 Å². The zero-order valence-corrected chi connectivity index (χ0v) is 6.33. The van der Waals surface area contributed by atoms with Gasteiger partial charge in [0.05, 0.1) is 6.20 Å². The summed E-state index contributed by atoms with van der Waals surface area (Å²) >= 11 is 0. The molecule has 0 fully saturated rings. The van der Waals surface area contributed by atoms with Crippen molar-refractivity contribution in [2.75, 3.05) is 14.1 Å². The minimum absolute atomic E-state index is 0.911. The van der Waals surface area contributed by atoms with E-state index in [1.165, 1.54) is 0 Å². The van der Waals surface area contributed by atoms with Gasteiger partial charge in [-0.15, -0.1) is 0 Å². The minimum atomic E-state index is 0.911. The Bertz CT molecular complexity index is 182. The summed E-state index contributed by atoms with van der Waals surface area (Å²) in [4.78, 5) is 5.98. The fourth-order valence-electron chi connectivity index (χ4n) is 0.788. The van der Waals surface area contributed by atoms with Gasteiger partial charge in [0.15, 0.2) is 0 Å². The van der Waals surface area contributed by atoms with Gasteiger partial charge in [-0.3, -0.25) is 4.98 Å². The third-order valence-electron chi connectivity index (χ3n) is 1.15. The molecule has 0 aliphatic carbocycles. The molecule has 0 unspecified atom stereocenters. The molecule has 0 aliphatic rings. The minimum Gasteiger partial charge on any atom is -0.305 e. The molecule has 53 valence electrons. The van der Waals surface area contributed by atoms with Crippen LogP contribution >= 0.6 is 0 Å². The lowest BCUT2D eigenvalue weighted by Gasteiger charge is -2.07. The second kappa shape index (κ2) is 3.32. The number of rotatable bonds is 2. The summed E-state index contributed by atoms with van der Waals surface area (Å²) in [6.07, 6.45) is 4.64. The molecule has 1 rings (SSSR count). The first-order valence-electron chi connectivity index (χ1n) is 3.25. The highest BCUT2D eigenvalue weighted by atomic mass is 15.0. The molecule has 0 saturated carbocycles. The van der Waals surface area contributed by atoms with Gasteiger partial charge in [-0.05, 0) is 25.7 Å². The van der Waals surface area contributed by atoms with Crippen molar-refractivity contribution in [2.24, 2.45) is 0 Å². The van der Waals surface area contributed by atoms with Crippen LogP contribution in [0.25, 0.3) is 0 Å². The molecule has 0 bridgehead atoms. The van der Waals surface area contributed by atoms with Gasteiger partial charge in [-0.1, -0.05) is 6.07 Å². The molecule has 0 aliphatic heterocycles. The van der Waals surface area contributed by atoms with Crippen LogP contribution in [0.15, 0.2) is 18.3 Å². The maximum atomic E-state index is 3.89. The average Bonchev–Trinajstić information content (AvgIpc) is 1.88. The number of nitrogens with zero attached hydrogens (tertiary/aromatic N) is 2. The molecule has 0 N–H and O–H groups in total. The van der Waals surface area contributed by atoms with Gasteiger partial charge in [-0.25, -0.2) is 0 Å². The Morgan fingerprint density at radius 3 is 2.90 bits per heavy atom. The molecule has 1 aromatic heterocycles. The highest BCUT2D eigenvalue weighted by molar-refractivity contribution is 5.06. The second-order valence-electron chi connectivity index (χ2n) is 2.51. The molecule has 0 spiro atoms. The Kier molecular flexibility index (Phi) is 2.40. The van der Waals surface area contributed by atoms with Crippen LogP contribution in [0.2, 0.25) is 0 Å². The van der Waals surface area contributed by atoms with Gasteiger partial charge in [0, 0.05) is 12.7 Å². The van der Waals surface area contributed by atoms with Crippen LogP contribution in [0.3, 0.4) is 0 Å². The van der Waals surface area contributed by atoms with Crippen molar-refractivity contribution in [3.63, 3.8) is 0 Å². The molecule has 1 radical (unpaired) electrons. The predicted molar refractivity (Wildman–Crippen MR) is 40.5 cm³/mol. The van der Waals surface area contributed by atoms with Crippen LogP contribution in [-0.2, 0) is 6.54 Å². The van der Waals surface area contributed by atoms with E-state index in [1.54, 1.807) is 6.20 Å². The van der Waals surface area contributed by atoms with Crippen LogP contribution in [0.1, 0.15) is 5.56 Å². The highest BCUT2D eigenvalue weighted by Crippen LogP contribution is 1.96. The van der Waals surface area contributed by atoms with Crippen LogP contribution < -0.4 is 0 Å². The fraction of sp³-hybridized carbons (Fsp3) is 0.375. The zero-order valence-electron chi connectivity index (χ0n) is 6.33. The lowest BCUT2D eigenvalue weighted by molar-refractivity contribution is 0.401. The topological polar surface area (TPSA) is 16.1 Å². The molecule has 2 heteroatoms. The summed E-state index contributed by atoms with van der Waals surface area (Å²) in [6, 6.07) is 3.95. The van der Waals surface area contributed by atoms with Crippen LogP contribution in [0.5, 0.6) is 0 Å². The van der Waals surface area contributed by atoms with E-state index in [-0.39, 0.29) is 0 Å². The molecule has 0 atom stereocenters. The van der Waals surface area contributed by atoms with E-state index < -0.39 is 0 Å². The summed E-state index contributed by atoms with van der Waals surface area (Å²) in [5.74, 6) is 0. The van der Waals surface area contributed by atoms with Crippen molar-refractivity contribution in [1.29, 1.82) is 0 Å². The highest BCUT2D eigenvalue weighted by Gasteiger charge is 1.92. The van der Waals surface area contributed by atoms with Crippen molar-refractivity contribution in [3.8, 4) is 0 Å². The Morgan fingerprint density at radius 2 is 2.40 bits per heavy atom. The monoisotopic (exact) mass is 135 g/mol. The summed E-state index contributed by atoms with van der Waals surface area (Å²) in [5.41, 5.74) is 1.13. The quantitative estimate of drug-likeness (QED) is 0.600. The first-order chi connectivity index (χ1) is 4.79. The third-order valence-corrected chi connectivity index (χ3v) is 1.15. The molecule has 10 heavy (non-hydrogen) atoms. The van der Waals surface area contributed by atoms with Crippen LogP contribution in [-0.4, -0.2) is 24.0 Å². The average molecular weight is 135 g/mol. The Hall–Kier alpha value is -0.890. The van der Waals surface area contributed by atoms with Crippen molar-refractivity contribution in [1.82, 2.24) is 9.88 Å². The Morgan fingerprint density at radius 1 is 1.60 bits per heavy atom. The fourth-order valence-corrected chi connectivity index (χ4v) is 0.788. The number of hydrogen-bond acceptors (Lipinski definition) is 2. The normalized spacial score (nSPS) is 10.3. The standard InChI is InChI=1S/C8H11N2/c1-10(2)7-8-4-3-5-9-6-8/h3-5H,7H2,1-2H3. The van der Waals surface area contributed by atoms with E-state index in [1.807, 2.05) is 26.2 Å². The van der Waals surface area contributed by atoms with Crippen molar-refractivity contribution in [2.45, 2.75) is 6.54 Å². The first kappa shape index (κ1) is 7.22. The van der Waals surface area contributed by atoms with E-state index in [0.717, 1.165) is 12.1 Å². The lowest BCUT2D eigenvalue weighted by Crippen LogP contribution is -2.10. The van der Waals surface area contributed by atoms with Crippen molar-refractivity contribution < 1.29 is 0 Å². The van der Waals surface area contributed by atoms with Crippen molar-refractivity contribution in [3.05, 3.63) is 30.1 Å². The second-order valence-corrected chi connectivity index (χ2v) is 2.51. The number of aromatic nitrogens is 1. The molecular weight excluding hydrogens is 124 g/mol. The number of hydrogen-bond donors (Lipinski definition) is 0. The molecule has 0 saturated heterocycles. The van der Waals surface area contributed by atoms with E-state index in [4.69, 9.17) is 0 Å². The summed E-state index contributed by atoms with van der Waals surface area (Å²) < 4.78 is 0. The Balaban J connectivity index is 2.59. The summed E-state index contributed by atoms with van der Waals surface area (Å²) in [6.45, 7) is 0.911. The maximum absolute atomic E-state index is 3.89. The van der Waals surface area contributed by atoms with E-state index in [9.17, 15) is 0 Å². The smallest absolute Gasteiger partial charge is 0.0934 e. The van der Waals surface area contributed by atoms with Gasteiger partial charge in [0.1, 0.15) is 0 Å². The SMILES string of the molecule is CN(C)Cc1[c]nccc1. The van der Waals surface area contributed by atoms with Gasteiger partial charge < -0.3 is 4.90 Å². The lowest BCUT2D eigenvalue weighted by atomic mass is 10.3. The largest absolute Gasteiger partial charge is 0.305 e. The maximum Gasteiger partial charge on any atom is 0.0934 e. The van der Waals surface area contributed by atoms with E-state index in [0.29, 0.717) is 0 Å². The van der Waals surface area contributed by atoms with Crippen molar-refractivity contribution >= 4 is 0 Å². The van der Waals surface area contributed by atoms with Gasteiger partial charge >= 0.3 is 0 Å².